The average Bonchev–Trinajstić information content (AvgIpc) is 2.82. The lowest BCUT2D eigenvalue weighted by atomic mass is 10.1. The van der Waals surface area contributed by atoms with Gasteiger partial charge >= 0.3 is 0 Å². The molecule has 0 saturated heterocycles. The van der Waals surface area contributed by atoms with Crippen LogP contribution < -0.4 is 10.6 Å². The van der Waals surface area contributed by atoms with Crippen molar-refractivity contribution in [1.82, 2.24) is 20.6 Å². The van der Waals surface area contributed by atoms with Gasteiger partial charge in [0.2, 0.25) is 0 Å². The molecule has 32 heavy (non-hydrogen) atoms. The van der Waals surface area contributed by atoms with Crippen molar-refractivity contribution < 1.29 is 10.2 Å². The Bertz CT molecular complexity index is 745. The first kappa shape index (κ1) is 25.7. The van der Waals surface area contributed by atoms with Crippen molar-refractivity contribution in [2.24, 2.45) is 9.98 Å². The van der Waals surface area contributed by atoms with E-state index in [1.54, 1.807) is 0 Å². The highest BCUT2D eigenvalue weighted by molar-refractivity contribution is 5.77. The van der Waals surface area contributed by atoms with Crippen LogP contribution in [0.1, 0.15) is 35.6 Å². The Kier molecular flexibility index (Phi) is 13.7. The van der Waals surface area contributed by atoms with Crippen LogP contribution in [0.3, 0.4) is 0 Å². The van der Waals surface area contributed by atoms with Crippen molar-refractivity contribution in [2.45, 2.75) is 25.7 Å². The largest absolute Gasteiger partial charge is 0.395 e. The van der Waals surface area contributed by atoms with Gasteiger partial charge < -0.3 is 20.8 Å². The Hall–Kier alpha value is -2.52. The minimum Gasteiger partial charge on any atom is -0.395 e. The maximum Gasteiger partial charge on any atom is 0.0811 e. The molecule has 8 nitrogen and oxygen atoms in total. The Morgan fingerprint density at radius 2 is 1.16 bits per heavy atom. The molecule has 0 fully saturated rings. The van der Waals surface area contributed by atoms with Crippen molar-refractivity contribution in [3.63, 3.8) is 0 Å². The number of nitrogens with zero attached hydrogens (tertiary/aromatic N) is 4. The van der Waals surface area contributed by atoms with E-state index >= 15 is 0 Å². The molecule has 0 amide bonds. The molecule has 2 aromatic rings. The van der Waals surface area contributed by atoms with Crippen molar-refractivity contribution >= 4 is 12.4 Å². The van der Waals surface area contributed by atoms with Gasteiger partial charge in [0.1, 0.15) is 0 Å². The molecule has 0 aromatic carbocycles. The van der Waals surface area contributed by atoms with Gasteiger partial charge in [0.15, 0.2) is 0 Å². The minimum atomic E-state index is 0.165. The summed E-state index contributed by atoms with van der Waals surface area (Å²) >= 11 is 0. The molecule has 0 aliphatic heterocycles. The van der Waals surface area contributed by atoms with Crippen LogP contribution in [0.5, 0.6) is 0 Å². The number of aliphatic imine (C=N–C) groups is 2. The first-order valence-electron chi connectivity index (χ1n) is 11.4. The van der Waals surface area contributed by atoms with E-state index in [1.165, 1.54) is 0 Å². The van der Waals surface area contributed by atoms with E-state index in [0.29, 0.717) is 13.1 Å². The zero-order valence-electron chi connectivity index (χ0n) is 18.8. The van der Waals surface area contributed by atoms with Crippen LogP contribution in [0.2, 0.25) is 0 Å². The number of rotatable bonds is 17. The zero-order valence-corrected chi connectivity index (χ0v) is 18.8. The summed E-state index contributed by atoms with van der Waals surface area (Å²) in [6, 6.07) is 12.0. The summed E-state index contributed by atoms with van der Waals surface area (Å²) in [5, 5.41) is 23.7. The summed E-state index contributed by atoms with van der Waals surface area (Å²) in [6.07, 6.45) is 7.15. The van der Waals surface area contributed by atoms with Crippen LogP contribution in [0.25, 0.3) is 0 Å². The molecule has 0 aliphatic carbocycles. The van der Waals surface area contributed by atoms with Crippen molar-refractivity contribution in [3.8, 4) is 0 Å². The number of hydrogen-bond donors (Lipinski definition) is 4. The second-order valence-corrected chi connectivity index (χ2v) is 7.33. The number of pyridine rings is 2. The van der Waals surface area contributed by atoms with Gasteiger partial charge in [-0.05, 0) is 63.0 Å². The van der Waals surface area contributed by atoms with Crippen molar-refractivity contribution in [2.75, 3.05) is 52.5 Å². The molecule has 0 bridgehead atoms. The van der Waals surface area contributed by atoms with E-state index in [2.05, 4.69) is 30.6 Å². The lowest BCUT2D eigenvalue weighted by molar-refractivity contribution is 0.292. The molecule has 0 radical (unpaired) electrons. The predicted molar refractivity (Wildman–Crippen MR) is 130 cm³/mol. The van der Waals surface area contributed by atoms with E-state index in [0.717, 1.165) is 74.6 Å². The van der Waals surface area contributed by atoms with Crippen LogP contribution in [0.15, 0.2) is 46.4 Å². The summed E-state index contributed by atoms with van der Waals surface area (Å²) in [4.78, 5) is 18.2. The van der Waals surface area contributed by atoms with Gasteiger partial charge in [-0.1, -0.05) is 12.1 Å². The molecule has 4 N–H and O–H groups in total. The fourth-order valence-corrected chi connectivity index (χ4v) is 2.99. The second-order valence-electron chi connectivity index (χ2n) is 7.33. The fourth-order valence-electron chi connectivity index (χ4n) is 2.99. The number of aliphatic hydroxyl groups is 2. The lowest BCUT2D eigenvalue weighted by Crippen LogP contribution is -2.19. The number of aryl methyl sites for hydroxylation is 2. The van der Waals surface area contributed by atoms with E-state index in [-0.39, 0.29) is 13.2 Å². The van der Waals surface area contributed by atoms with Gasteiger partial charge in [0, 0.05) is 50.0 Å². The number of hydrogen-bond acceptors (Lipinski definition) is 8. The van der Waals surface area contributed by atoms with Crippen LogP contribution in [-0.4, -0.2) is 85.1 Å². The first-order valence-corrected chi connectivity index (χ1v) is 11.4. The van der Waals surface area contributed by atoms with Gasteiger partial charge in [-0.15, -0.1) is 0 Å². The molecule has 2 heterocycles. The average molecular weight is 441 g/mol. The molecule has 0 saturated carbocycles. The van der Waals surface area contributed by atoms with Crippen LogP contribution >= 0.6 is 0 Å². The molecular weight excluding hydrogens is 404 g/mol. The van der Waals surface area contributed by atoms with Gasteiger partial charge in [-0.3, -0.25) is 20.0 Å². The number of aliphatic hydroxyl groups excluding tert-OH is 2. The zero-order chi connectivity index (χ0) is 22.7. The normalized spacial score (nSPS) is 11.7. The smallest absolute Gasteiger partial charge is 0.0811 e. The van der Waals surface area contributed by atoms with Crippen molar-refractivity contribution in [1.29, 1.82) is 0 Å². The standard InChI is InChI=1S/C24H36N6O2/c31-17-15-25-11-3-13-27-19-23-7-1-5-21(29-23)9-10-22-6-2-8-24(30-22)20-28-14-4-12-26-16-18-32/h1-2,5-8,19-20,25-26,31-32H,3-4,9-18H2. The topological polar surface area (TPSA) is 115 Å². The lowest BCUT2D eigenvalue weighted by Gasteiger charge is -2.04. The molecule has 0 spiro atoms. The Labute approximate surface area is 191 Å². The fraction of sp³-hybridized carbons (Fsp3) is 0.500. The summed E-state index contributed by atoms with van der Waals surface area (Å²) in [7, 11) is 0. The highest BCUT2D eigenvalue weighted by Gasteiger charge is 2.01. The van der Waals surface area contributed by atoms with E-state index in [1.807, 2.05) is 48.8 Å². The van der Waals surface area contributed by atoms with Gasteiger partial charge in [-0.25, -0.2) is 0 Å². The molecule has 0 atom stereocenters. The van der Waals surface area contributed by atoms with Crippen LogP contribution in [0, 0.1) is 0 Å². The Morgan fingerprint density at radius 3 is 1.59 bits per heavy atom. The predicted octanol–water partition coefficient (Wildman–Crippen LogP) is 1.04. The SMILES string of the molecule is OCCNCCCN=Cc1cccc(CCc2cccc(C=NCCCNCCO)n2)n1. The monoisotopic (exact) mass is 440 g/mol. The number of aromatic nitrogens is 2. The van der Waals surface area contributed by atoms with Gasteiger partial charge in [-0.2, -0.15) is 0 Å². The maximum absolute atomic E-state index is 8.73. The summed E-state index contributed by atoms with van der Waals surface area (Å²) in [5.74, 6) is 0. The highest BCUT2D eigenvalue weighted by Crippen LogP contribution is 2.05. The third kappa shape index (κ3) is 11.8. The minimum absolute atomic E-state index is 0.165. The van der Waals surface area contributed by atoms with Gasteiger partial charge in [0.05, 0.1) is 24.6 Å². The van der Waals surface area contributed by atoms with E-state index < -0.39 is 0 Å². The molecule has 8 heteroatoms. The van der Waals surface area contributed by atoms with Gasteiger partial charge in [0.25, 0.3) is 0 Å². The highest BCUT2D eigenvalue weighted by atomic mass is 16.3. The third-order valence-electron chi connectivity index (χ3n) is 4.60. The third-order valence-corrected chi connectivity index (χ3v) is 4.60. The van der Waals surface area contributed by atoms with E-state index in [4.69, 9.17) is 10.2 Å². The summed E-state index contributed by atoms with van der Waals surface area (Å²) < 4.78 is 0. The molecule has 2 rings (SSSR count). The summed E-state index contributed by atoms with van der Waals surface area (Å²) in [6.45, 7) is 4.76. The number of nitrogens with one attached hydrogen (secondary N) is 2. The summed E-state index contributed by atoms with van der Waals surface area (Å²) in [5.41, 5.74) is 3.78. The molecular formula is C24H36N6O2. The second kappa shape index (κ2) is 17.1. The Balaban J connectivity index is 1.75. The quantitative estimate of drug-likeness (QED) is 0.216. The molecule has 0 unspecified atom stereocenters. The molecule has 0 aliphatic rings. The van der Waals surface area contributed by atoms with Crippen LogP contribution in [0.4, 0.5) is 0 Å². The molecule has 2 aromatic heterocycles. The Morgan fingerprint density at radius 1 is 0.688 bits per heavy atom. The van der Waals surface area contributed by atoms with Crippen LogP contribution in [-0.2, 0) is 12.8 Å². The van der Waals surface area contributed by atoms with E-state index in [9.17, 15) is 0 Å². The van der Waals surface area contributed by atoms with Crippen molar-refractivity contribution in [3.05, 3.63) is 59.2 Å². The molecule has 174 valence electrons. The first-order chi connectivity index (χ1) is 15.8. The maximum atomic E-state index is 8.73.